The van der Waals surface area contributed by atoms with E-state index in [1.807, 2.05) is 35.9 Å². The molecule has 0 saturated heterocycles. The van der Waals surface area contributed by atoms with E-state index in [-0.39, 0.29) is 16.8 Å². The van der Waals surface area contributed by atoms with Gasteiger partial charge in [-0.25, -0.2) is 0 Å². The highest BCUT2D eigenvalue weighted by atomic mass is 32.2. The second-order valence-corrected chi connectivity index (χ2v) is 8.31. The number of nitro groups is 1. The molecule has 0 aliphatic carbocycles. The molecule has 0 aliphatic heterocycles. The van der Waals surface area contributed by atoms with Crippen molar-refractivity contribution in [2.45, 2.75) is 27.1 Å². The van der Waals surface area contributed by atoms with Crippen LogP contribution in [0.25, 0.3) is 0 Å². The van der Waals surface area contributed by atoms with E-state index in [2.05, 4.69) is 15.5 Å². The van der Waals surface area contributed by atoms with Crippen molar-refractivity contribution < 1.29 is 9.72 Å². The first-order valence-corrected chi connectivity index (χ1v) is 9.96. The minimum absolute atomic E-state index is 0.0285. The van der Waals surface area contributed by atoms with Crippen LogP contribution in [0.1, 0.15) is 6.92 Å². The highest BCUT2D eigenvalue weighted by molar-refractivity contribution is 8.00. The molecule has 1 N–H and O–H groups in total. The van der Waals surface area contributed by atoms with Gasteiger partial charge in [-0.3, -0.25) is 14.9 Å². The van der Waals surface area contributed by atoms with E-state index in [1.165, 1.54) is 35.7 Å². The van der Waals surface area contributed by atoms with Crippen molar-refractivity contribution in [2.24, 2.45) is 7.05 Å². The van der Waals surface area contributed by atoms with Crippen LogP contribution in [-0.2, 0) is 11.8 Å². The van der Waals surface area contributed by atoms with E-state index in [9.17, 15) is 14.9 Å². The average Bonchev–Trinajstić information content (AvgIpc) is 3.08. The molecule has 0 bridgehead atoms. The van der Waals surface area contributed by atoms with Crippen molar-refractivity contribution >= 4 is 40.8 Å². The number of hydrogen-bond donors (Lipinski definition) is 1. The Hall–Kier alpha value is -2.85. The zero-order chi connectivity index (χ0) is 20.1. The minimum Gasteiger partial charge on any atom is -0.325 e. The quantitative estimate of drug-likeness (QED) is 0.353. The van der Waals surface area contributed by atoms with Gasteiger partial charge in [0.1, 0.15) is 6.33 Å². The summed E-state index contributed by atoms with van der Waals surface area (Å²) < 4.78 is 1.83. The third-order valence-electron chi connectivity index (χ3n) is 3.73. The number of benzene rings is 2. The number of hydrogen-bond acceptors (Lipinski definition) is 7. The predicted molar refractivity (Wildman–Crippen MR) is 109 cm³/mol. The fraction of sp³-hybridized carbons (Fsp3) is 0.167. The lowest BCUT2D eigenvalue weighted by Crippen LogP contribution is -2.22. The molecular weight excluding hydrogens is 398 g/mol. The van der Waals surface area contributed by atoms with Gasteiger partial charge in [0.05, 0.1) is 10.2 Å². The molecule has 3 rings (SSSR count). The standard InChI is InChI=1S/C18H17N5O3S2/c1-12(27-15-9-5-14(6-10-15)23(25)26)17(24)20-13-3-7-16(8-4-13)28-18-21-19-11-22(18)2/h3-12H,1-2H3,(H,20,24). The number of aromatic nitrogens is 3. The van der Waals surface area contributed by atoms with E-state index in [1.54, 1.807) is 25.4 Å². The number of amides is 1. The first kappa shape index (κ1) is 19.9. The average molecular weight is 416 g/mol. The van der Waals surface area contributed by atoms with E-state index in [0.717, 1.165) is 14.9 Å². The van der Waals surface area contributed by atoms with Gasteiger partial charge in [-0.05, 0) is 55.1 Å². The summed E-state index contributed by atoms with van der Waals surface area (Å²) in [5.74, 6) is -0.142. The molecule has 1 amide bonds. The summed E-state index contributed by atoms with van der Waals surface area (Å²) in [6.45, 7) is 1.79. The Morgan fingerprint density at radius 2 is 1.79 bits per heavy atom. The van der Waals surface area contributed by atoms with Crippen LogP contribution in [0.2, 0.25) is 0 Å². The molecule has 2 aromatic carbocycles. The smallest absolute Gasteiger partial charge is 0.269 e. The van der Waals surface area contributed by atoms with Crippen LogP contribution >= 0.6 is 23.5 Å². The molecule has 0 fully saturated rings. The summed E-state index contributed by atoms with van der Waals surface area (Å²) in [6.07, 6.45) is 1.64. The topological polar surface area (TPSA) is 103 Å². The van der Waals surface area contributed by atoms with E-state index in [4.69, 9.17) is 0 Å². The summed E-state index contributed by atoms with van der Waals surface area (Å²) in [7, 11) is 1.88. The number of rotatable bonds is 7. The number of nitrogens with one attached hydrogen (secondary N) is 1. The van der Waals surface area contributed by atoms with Gasteiger partial charge >= 0.3 is 0 Å². The molecule has 0 aliphatic rings. The van der Waals surface area contributed by atoms with Crippen molar-refractivity contribution in [3.8, 4) is 0 Å². The van der Waals surface area contributed by atoms with Crippen LogP contribution < -0.4 is 5.32 Å². The van der Waals surface area contributed by atoms with E-state index < -0.39 is 4.92 Å². The zero-order valence-electron chi connectivity index (χ0n) is 15.1. The van der Waals surface area contributed by atoms with Crippen molar-refractivity contribution in [3.63, 3.8) is 0 Å². The number of anilines is 1. The number of non-ortho nitro benzene ring substituents is 1. The number of aryl methyl sites for hydroxylation is 1. The van der Waals surface area contributed by atoms with Crippen molar-refractivity contribution in [1.29, 1.82) is 0 Å². The first-order chi connectivity index (χ1) is 13.4. The van der Waals surface area contributed by atoms with Crippen LogP contribution in [0.4, 0.5) is 11.4 Å². The molecule has 0 radical (unpaired) electrons. The number of carbonyl (C=O) groups excluding carboxylic acids is 1. The Kier molecular flexibility index (Phi) is 6.32. The summed E-state index contributed by atoms with van der Waals surface area (Å²) in [4.78, 5) is 24.4. The Morgan fingerprint density at radius 1 is 1.14 bits per heavy atom. The Bertz CT molecular complexity index is 974. The number of carbonyl (C=O) groups is 1. The maximum atomic E-state index is 12.4. The van der Waals surface area contributed by atoms with Crippen LogP contribution in [-0.4, -0.2) is 30.8 Å². The second kappa shape index (κ2) is 8.89. The molecule has 8 nitrogen and oxygen atoms in total. The summed E-state index contributed by atoms with van der Waals surface area (Å²) in [6, 6.07) is 13.6. The molecule has 1 unspecified atom stereocenters. The maximum absolute atomic E-state index is 12.4. The van der Waals surface area contributed by atoms with E-state index in [0.29, 0.717) is 5.69 Å². The molecule has 0 saturated carbocycles. The Labute approximate surface area is 169 Å². The monoisotopic (exact) mass is 415 g/mol. The van der Waals surface area contributed by atoms with Crippen LogP contribution in [0.15, 0.2) is 69.8 Å². The molecule has 1 atom stereocenters. The van der Waals surface area contributed by atoms with Gasteiger partial charge in [0.15, 0.2) is 5.16 Å². The molecular formula is C18H17N5O3S2. The SMILES string of the molecule is CC(Sc1ccc([N+](=O)[O-])cc1)C(=O)Nc1ccc(Sc2nncn2C)cc1. The minimum atomic E-state index is -0.448. The highest BCUT2D eigenvalue weighted by Crippen LogP contribution is 2.28. The fourth-order valence-electron chi connectivity index (χ4n) is 2.22. The molecule has 1 aromatic heterocycles. The molecule has 3 aromatic rings. The van der Waals surface area contributed by atoms with Crippen molar-refractivity contribution in [2.75, 3.05) is 5.32 Å². The lowest BCUT2D eigenvalue weighted by atomic mass is 10.3. The van der Waals surface area contributed by atoms with Gasteiger partial charge in [-0.15, -0.1) is 22.0 Å². The third kappa shape index (κ3) is 5.11. The molecule has 144 valence electrons. The number of nitro benzene ring substituents is 1. The lowest BCUT2D eigenvalue weighted by Gasteiger charge is -2.12. The lowest BCUT2D eigenvalue weighted by molar-refractivity contribution is -0.384. The van der Waals surface area contributed by atoms with Gasteiger partial charge in [0.2, 0.25) is 5.91 Å². The molecule has 28 heavy (non-hydrogen) atoms. The van der Waals surface area contributed by atoms with Crippen molar-refractivity contribution in [1.82, 2.24) is 14.8 Å². The molecule has 1 heterocycles. The Balaban J connectivity index is 1.56. The normalized spacial score (nSPS) is 11.8. The Morgan fingerprint density at radius 3 is 2.36 bits per heavy atom. The zero-order valence-corrected chi connectivity index (χ0v) is 16.7. The van der Waals surface area contributed by atoms with Gasteiger partial charge in [-0.2, -0.15) is 0 Å². The first-order valence-electron chi connectivity index (χ1n) is 8.26. The van der Waals surface area contributed by atoms with Gasteiger partial charge in [-0.1, -0.05) is 0 Å². The number of nitrogens with zero attached hydrogens (tertiary/aromatic N) is 4. The van der Waals surface area contributed by atoms with Gasteiger partial charge in [0.25, 0.3) is 5.69 Å². The summed E-state index contributed by atoms with van der Waals surface area (Å²) in [5.41, 5.74) is 0.726. The predicted octanol–water partition coefficient (Wildman–Crippen LogP) is 3.99. The molecule has 10 heteroatoms. The third-order valence-corrected chi connectivity index (χ3v) is 5.90. The number of thioether (sulfide) groups is 1. The highest BCUT2D eigenvalue weighted by Gasteiger charge is 2.15. The second-order valence-electron chi connectivity index (χ2n) is 5.85. The van der Waals surface area contributed by atoms with Gasteiger partial charge in [0, 0.05) is 34.7 Å². The van der Waals surface area contributed by atoms with Crippen LogP contribution in [0.5, 0.6) is 0 Å². The maximum Gasteiger partial charge on any atom is 0.269 e. The molecule has 0 spiro atoms. The summed E-state index contributed by atoms with van der Waals surface area (Å²) in [5, 5.41) is 21.9. The van der Waals surface area contributed by atoms with Gasteiger partial charge < -0.3 is 9.88 Å². The summed E-state index contributed by atoms with van der Waals surface area (Å²) >= 11 is 2.83. The largest absolute Gasteiger partial charge is 0.325 e. The van der Waals surface area contributed by atoms with E-state index >= 15 is 0 Å². The fourth-order valence-corrected chi connectivity index (χ4v) is 3.85. The van der Waals surface area contributed by atoms with Crippen LogP contribution in [0, 0.1) is 10.1 Å². The van der Waals surface area contributed by atoms with Crippen molar-refractivity contribution in [3.05, 3.63) is 65.0 Å². The van der Waals surface area contributed by atoms with Crippen LogP contribution in [0.3, 0.4) is 0 Å².